The largest absolute Gasteiger partial charge is 0.480 e. The summed E-state index contributed by atoms with van der Waals surface area (Å²) in [7, 11) is 1.57. The lowest BCUT2D eigenvalue weighted by molar-refractivity contribution is 0.262. The lowest BCUT2D eigenvalue weighted by atomic mass is 10.1. The number of benzene rings is 2. The zero-order valence-corrected chi connectivity index (χ0v) is 21.6. The quantitative estimate of drug-likeness (QED) is 0.266. The molecule has 0 saturated heterocycles. The Bertz CT molecular complexity index is 1790. The number of carbonyl (C=O) groups is 1. The number of rotatable bonds is 7. The average molecular weight is 554 g/mol. The molecule has 0 spiro atoms. The Morgan fingerprint density at radius 2 is 1.77 bits per heavy atom. The Balaban J connectivity index is 1.10. The van der Waals surface area contributed by atoms with Gasteiger partial charge in [0.1, 0.15) is 5.75 Å². The summed E-state index contributed by atoms with van der Waals surface area (Å²) >= 11 is 6.13. The van der Waals surface area contributed by atoms with Crippen LogP contribution in [0.5, 0.6) is 17.6 Å². The van der Waals surface area contributed by atoms with Gasteiger partial charge in [-0.1, -0.05) is 11.6 Å². The van der Waals surface area contributed by atoms with Crippen LogP contribution in [0.3, 0.4) is 0 Å². The van der Waals surface area contributed by atoms with Gasteiger partial charge in [-0.15, -0.1) is 5.10 Å². The Kier molecular flexibility index (Phi) is 6.65. The second kappa shape index (κ2) is 10.7. The lowest BCUT2D eigenvalue weighted by Gasteiger charge is -2.12. The number of aromatic nitrogens is 7. The van der Waals surface area contributed by atoms with Crippen LogP contribution < -0.4 is 20.1 Å². The number of carbonyl (C=O) groups excluding carboxylic acids is 1. The molecule has 0 bridgehead atoms. The number of hydrogen-bond donors (Lipinski definition) is 2. The minimum Gasteiger partial charge on any atom is -0.480 e. The van der Waals surface area contributed by atoms with Crippen molar-refractivity contribution in [1.82, 2.24) is 34.3 Å². The van der Waals surface area contributed by atoms with Gasteiger partial charge in [0.25, 0.3) is 0 Å². The number of fused-ring (bicyclic) bond motifs is 1. The van der Waals surface area contributed by atoms with E-state index in [1.165, 1.54) is 12.4 Å². The summed E-state index contributed by atoms with van der Waals surface area (Å²) in [5.74, 6) is 1.02. The topological polar surface area (TPSA) is 133 Å². The van der Waals surface area contributed by atoms with E-state index in [2.05, 4.69) is 35.8 Å². The molecule has 6 rings (SSSR count). The lowest BCUT2D eigenvalue weighted by Crippen LogP contribution is -2.20. The number of hydrogen-bond acceptors (Lipinski definition) is 8. The van der Waals surface area contributed by atoms with E-state index in [0.29, 0.717) is 39.4 Å². The molecule has 2 amide bonds. The van der Waals surface area contributed by atoms with Gasteiger partial charge >= 0.3 is 12.0 Å². The van der Waals surface area contributed by atoms with Gasteiger partial charge in [-0.2, -0.15) is 5.10 Å². The molecule has 0 saturated carbocycles. The molecule has 0 aliphatic rings. The maximum Gasteiger partial charge on any atom is 0.323 e. The number of nitrogens with one attached hydrogen (secondary N) is 2. The predicted octanol–water partition coefficient (Wildman–Crippen LogP) is 5.47. The maximum atomic E-state index is 12.6. The highest BCUT2D eigenvalue weighted by molar-refractivity contribution is 6.31. The number of ether oxygens (including phenoxy) is 2. The van der Waals surface area contributed by atoms with Crippen molar-refractivity contribution in [3.63, 3.8) is 0 Å². The zero-order chi connectivity index (χ0) is 27.5. The molecule has 2 N–H and O–H groups in total. The van der Waals surface area contributed by atoms with E-state index in [-0.39, 0.29) is 6.01 Å². The van der Waals surface area contributed by atoms with E-state index in [1.807, 2.05) is 18.2 Å². The third-order valence-corrected chi connectivity index (χ3v) is 5.99. The summed E-state index contributed by atoms with van der Waals surface area (Å²) in [6.45, 7) is 0. The summed E-state index contributed by atoms with van der Waals surface area (Å²) in [5.41, 5.74) is 3.92. The SMILES string of the molecule is COc1ccc2ncc(-c3ccc(Oc4ncc(NC(=O)Nc5cc(Cl)ccc5-n5cccn5)cn4)cc3)n2n1. The molecule has 4 heterocycles. The van der Waals surface area contributed by atoms with E-state index in [9.17, 15) is 4.79 Å². The zero-order valence-electron chi connectivity index (χ0n) is 20.9. The Hall–Kier alpha value is -5.49. The molecule has 0 aliphatic carbocycles. The van der Waals surface area contributed by atoms with Crippen LogP contribution in [-0.2, 0) is 0 Å². The van der Waals surface area contributed by atoms with Crippen molar-refractivity contribution in [2.24, 2.45) is 0 Å². The minimum absolute atomic E-state index is 0.121. The van der Waals surface area contributed by atoms with Crippen molar-refractivity contribution >= 4 is 34.7 Å². The number of anilines is 2. The van der Waals surface area contributed by atoms with Gasteiger partial charge in [-0.05, 0) is 54.6 Å². The smallest absolute Gasteiger partial charge is 0.323 e. The van der Waals surface area contributed by atoms with Gasteiger partial charge in [-0.25, -0.2) is 28.9 Å². The van der Waals surface area contributed by atoms with Gasteiger partial charge < -0.3 is 20.1 Å². The summed E-state index contributed by atoms with van der Waals surface area (Å²) in [5, 5.41) is 14.6. The van der Waals surface area contributed by atoms with Crippen LogP contribution in [0, 0.1) is 0 Å². The molecular weight excluding hydrogens is 534 g/mol. The third-order valence-electron chi connectivity index (χ3n) is 5.75. The van der Waals surface area contributed by atoms with E-state index in [1.54, 1.807) is 77.4 Å². The molecule has 0 aliphatic heterocycles. The number of amides is 2. The third kappa shape index (κ3) is 5.24. The molecule has 0 atom stereocenters. The fourth-order valence-corrected chi connectivity index (χ4v) is 4.07. The van der Waals surface area contributed by atoms with E-state index >= 15 is 0 Å². The first-order valence-electron chi connectivity index (χ1n) is 11.9. The van der Waals surface area contributed by atoms with E-state index in [4.69, 9.17) is 21.1 Å². The Labute approximate surface area is 232 Å². The van der Waals surface area contributed by atoms with Gasteiger partial charge in [0.2, 0.25) is 5.88 Å². The van der Waals surface area contributed by atoms with Crippen LogP contribution in [0.2, 0.25) is 5.02 Å². The summed E-state index contributed by atoms with van der Waals surface area (Å²) in [4.78, 5) is 25.4. The minimum atomic E-state index is -0.497. The molecule has 13 heteroatoms. The van der Waals surface area contributed by atoms with Crippen molar-refractivity contribution < 1.29 is 14.3 Å². The molecule has 0 radical (unpaired) electrons. The molecule has 4 aromatic heterocycles. The molecule has 40 heavy (non-hydrogen) atoms. The molecular formula is C27H20ClN9O3. The fourth-order valence-electron chi connectivity index (χ4n) is 3.90. The fraction of sp³-hybridized carbons (Fsp3) is 0.0370. The average Bonchev–Trinajstić information content (AvgIpc) is 3.65. The van der Waals surface area contributed by atoms with E-state index < -0.39 is 6.03 Å². The van der Waals surface area contributed by atoms with Crippen LogP contribution in [0.25, 0.3) is 22.6 Å². The second-order valence-electron chi connectivity index (χ2n) is 8.36. The monoisotopic (exact) mass is 553 g/mol. The molecule has 0 unspecified atom stereocenters. The van der Waals surface area contributed by atoms with Crippen molar-refractivity contribution in [3.8, 4) is 34.6 Å². The standard InChI is InChI=1S/C27H20ClN9O3/c1-39-25-10-9-24-29-16-23(37(24)35-25)17-3-6-20(7-4-17)40-27-30-14-19(15-31-27)33-26(38)34-21-13-18(28)5-8-22(21)36-12-2-11-32-36/h2-16H,1H3,(H2,33,34,38). The van der Waals surface area contributed by atoms with E-state index in [0.717, 1.165) is 11.3 Å². The first kappa shape index (κ1) is 24.8. The molecule has 198 valence electrons. The van der Waals surface area contributed by atoms with Crippen LogP contribution in [0.1, 0.15) is 0 Å². The van der Waals surface area contributed by atoms with Crippen molar-refractivity contribution in [3.05, 3.63) is 96.7 Å². The highest BCUT2D eigenvalue weighted by Gasteiger charge is 2.12. The first-order valence-corrected chi connectivity index (χ1v) is 12.3. The number of halogens is 1. The maximum absolute atomic E-state index is 12.6. The number of nitrogens with zero attached hydrogens (tertiary/aromatic N) is 7. The molecule has 2 aromatic carbocycles. The van der Waals surface area contributed by atoms with Crippen molar-refractivity contribution in [2.75, 3.05) is 17.7 Å². The summed E-state index contributed by atoms with van der Waals surface area (Å²) in [6.07, 6.45) is 8.04. The molecule has 6 aromatic rings. The van der Waals surface area contributed by atoms with Crippen LogP contribution >= 0.6 is 11.6 Å². The summed E-state index contributed by atoms with van der Waals surface area (Å²) in [6, 6.07) is 17.5. The van der Waals surface area contributed by atoms with Crippen molar-refractivity contribution in [2.45, 2.75) is 0 Å². The Morgan fingerprint density at radius 1 is 0.950 bits per heavy atom. The highest BCUT2D eigenvalue weighted by Crippen LogP contribution is 2.27. The Morgan fingerprint density at radius 3 is 2.52 bits per heavy atom. The van der Waals surface area contributed by atoms with Gasteiger partial charge in [0, 0.05) is 29.0 Å². The number of methoxy groups -OCH3 is 1. The summed E-state index contributed by atoms with van der Waals surface area (Å²) < 4.78 is 14.3. The van der Waals surface area contributed by atoms with Gasteiger partial charge in [-0.3, -0.25) is 0 Å². The normalized spacial score (nSPS) is 10.8. The first-order chi connectivity index (χ1) is 19.6. The molecule has 0 fully saturated rings. The van der Waals surface area contributed by atoms with Crippen LogP contribution in [0.4, 0.5) is 16.2 Å². The molecule has 12 nitrogen and oxygen atoms in total. The highest BCUT2D eigenvalue weighted by atomic mass is 35.5. The van der Waals surface area contributed by atoms with Gasteiger partial charge in [0.15, 0.2) is 5.65 Å². The van der Waals surface area contributed by atoms with Crippen LogP contribution in [-0.4, -0.2) is 47.5 Å². The van der Waals surface area contributed by atoms with Crippen LogP contribution in [0.15, 0.2) is 91.6 Å². The second-order valence-corrected chi connectivity index (χ2v) is 8.80. The predicted molar refractivity (Wildman–Crippen MR) is 148 cm³/mol. The van der Waals surface area contributed by atoms with Gasteiger partial charge in [0.05, 0.1) is 48.5 Å². The number of urea groups is 1. The number of imidazole rings is 1. The van der Waals surface area contributed by atoms with Crippen molar-refractivity contribution in [1.29, 1.82) is 0 Å².